The van der Waals surface area contributed by atoms with Gasteiger partial charge in [-0.15, -0.1) is 0 Å². The maximum atomic E-state index is 11.8. The molecule has 3 aliphatic carbocycles. The van der Waals surface area contributed by atoms with Gasteiger partial charge < -0.3 is 4.74 Å². The lowest BCUT2D eigenvalue weighted by Crippen LogP contribution is -2.23. The molecule has 0 aromatic heterocycles. The van der Waals surface area contributed by atoms with E-state index in [-0.39, 0.29) is 11.9 Å². The van der Waals surface area contributed by atoms with Gasteiger partial charge in [0.05, 0.1) is 12.5 Å². The molecule has 3 fully saturated rings. The molecule has 16 heavy (non-hydrogen) atoms. The maximum Gasteiger partial charge on any atom is 0.308 e. The van der Waals surface area contributed by atoms with Crippen LogP contribution in [0.2, 0.25) is 0 Å². The Kier molecular flexibility index (Phi) is 2.49. The van der Waals surface area contributed by atoms with E-state index in [9.17, 15) is 4.79 Å². The van der Waals surface area contributed by atoms with Gasteiger partial charge in [0, 0.05) is 0 Å². The van der Waals surface area contributed by atoms with Gasteiger partial charge in [-0.1, -0.05) is 6.42 Å². The van der Waals surface area contributed by atoms with Crippen LogP contribution in [-0.4, -0.2) is 12.6 Å². The Morgan fingerprint density at radius 2 is 2.12 bits per heavy atom. The third kappa shape index (κ3) is 1.34. The molecular formula is C14H22O2. The van der Waals surface area contributed by atoms with Crippen LogP contribution in [-0.2, 0) is 9.53 Å². The van der Waals surface area contributed by atoms with Gasteiger partial charge in [-0.25, -0.2) is 0 Å². The highest BCUT2D eigenvalue weighted by molar-refractivity contribution is 5.73. The quantitative estimate of drug-likeness (QED) is 0.671. The maximum absolute atomic E-state index is 11.8. The van der Waals surface area contributed by atoms with Gasteiger partial charge in [0.15, 0.2) is 0 Å². The largest absolute Gasteiger partial charge is 0.466 e. The molecular weight excluding hydrogens is 200 g/mol. The van der Waals surface area contributed by atoms with Gasteiger partial charge in [0.1, 0.15) is 0 Å². The average molecular weight is 222 g/mol. The Morgan fingerprint density at radius 3 is 2.94 bits per heavy atom. The summed E-state index contributed by atoms with van der Waals surface area (Å²) in [4.78, 5) is 11.8. The Bertz CT molecular complexity index is 299. The summed E-state index contributed by atoms with van der Waals surface area (Å²) in [6, 6.07) is 0. The summed E-state index contributed by atoms with van der Waals surface area (Å²) in [7, 11) is 0. The molecule has 2 heteroatoms. The number of esters is 1. The minimum Gasteiger partial charge on any atom is -0.466 e. The Labute approximate surface area is 97.7 Å². The molecule has 0 saturated heterocycles. The third-order valence-corrected chi connectivity index (χ3v) is 5.50. The van der Waals surface area contributed by atoms with Crippen LogP contribution in [0.15, 0.2) is 0 Å². The number of ether oxygens (including phenoxy) is 1. The number of hydrogen-bond donors (Lipinski definition) is 0. The van der Waals surface area contributed by atoms with Crippen LogP contribution in [0.4, 0.5) is 0 Å². The highest BCUT2D eigenvalue weighted by atomic mass is 16.5. The lowest BCUT2D eigenvalue weighted by atomic mass is 9.75. The molecule has 0 aromatic carbocycles. The topological polar surface area (TPSA) is 26.3 Å². The van der Waals surface area contributed by atoms with Crippen molar-refractivity contribution in [3.8, 4) is 0 Å². The molecule has 0 N–H and O–H groups in total. The molecule has 2 nitrogen and oxygen atoms in total. The minimum atomic E-state index is 0.0805. The van der Waals surface area contributed by atoms with E-state index in [0.717, 1.165) is 24.7 Å². The van der Waals surface area contributed by atoms with Gasteiger partial charge in [-0.05, 0) is 62.7 Å². The first-order valence-electron chi connectivity index (χ1n) is 6.93. The Hall–Kier alpha value is -0.530. The van der Waals surface area contributed by atoms with E-state index in [0.29, 0.717) is 12.0 Å². The smallest absolute Gasteiger partial charge is 0.308 e. The van der Waals surface area contributed by atoms with Crippen LogP contribution in [0.3, 0.4) is 0 Å². The van der Waals surface area contributed by atoms with Crippen molar-refractivity contribution in [3.63, 3.8) is 0 Å². The second-order valence-corrected chi connectivity index (χ2v) is 5.99. The fraction of sp³-hybridized carbons (Fsp3) is 0.929. The monoisotopic (exact) mass is 222 g/mol. The number of carbonyl (C=O) groups is 1. The molecule has 0 radical (unpaired) electrons. The van der Waals surface area contributed by atoms with Crippen molar-refractivity contribution in [1.29, 1.82) is 0 Å². The van der Waals surface area contributed by atoms with E-state index in [1.165, 1.54) is 32.1 Å². The molecule has 3 aliphatic rings. The average Bonchev–Trinajstić information content (AvgIpc) is 2.86. The first-order chi connectivity index (χ1) is 7.76. The summed E-state index contributed by atoms with van der Waals surface area (Å²) < 4.78 is 5.20. The van der Waals surface area contributed by atoms with Crippen LogP contribution in [0.25, 0.3) is 0 Å². The predicted molar refractivity (Wildman–Crippen MR) is 61.9 cm³/mol. The van der Waals surface area contributed by atoms with Crippen LogP contribution < -0.4 is 0 Å². The molecule has 0 aliphatic heterocycles. The van der Waals surface area contributed by atoms with Crippen LogP contribution in [0.5, 0.6) is 0 Å². The lowest BCUT2D eigenvalue weighted by molar-refractivity contribution is -0.148. The molecule has 3 rings (SSSR count). The summed E-state index contributed by atoms with van der Waals surface area (Å²) >= 11 is 0. The molecule has 3 saturated carbocycles. The molecule has 0 amide bonds. The van der Waals surface area contributed by atoms with E-state index in [1.54, 1.807) is 0 Å². The van der Waals surface area contributed by atoms with E-state index >= 15 is 0 Å². The van der Waals surface area contributed by atoms with E-state index in [2.05, 4.69) is 0 Å². The number of rotatable bonds is 2. The van der Waals surface area contributed by atoms with E-state index < -0.39 is 0 Å². The highest BCUT2D eigenvalue weighted by Gasteiger charge is 2.58. The first kappa shape index (κ1) is 10.6. The minimum absolute atomic E-state index is 0.0805. The summed E-state index contributed by atoms with van der Waals surface area (Å²) in [6.45, 7) is 2.45. The summed E-state index contributed by atoms with van der Waals surface area (Å²) in [5.41, 5.74) is 0.567. The van der Waals surface area contributed by atoms with Crippen molar-refractivity contribution in [3.05, 3.63) is 0 Å². The Morgan fingerprint density at radius 1 is 1.31 bits per heavy atom. The third-order valence-electron chi connectivity index (χ3n) is 5.50. The first-order valence-corrected chi connectivity index (χ1v) is 6.93. The van der Waals surface area contributed by atoms with Crippen molar-refractivity contribution >= 4 is 5.97 Å². The van der Waals surface area contributed by atoms with Gasteiger partial charge in [0.25, 0.3) is 0 Å². The van der Waals surface area contributed by atoms with Gasteiger partial charge in [-0.2, -0.15) is 0 Å². The van der Waals surface area contributed by atoms with Gasteiger partial charge >= 0.3 is 5.97 Å². The second-order valence-electron chi connectivity index (χ2n) is 5.99. The number of carbonyl (C=O) groups excluding carboxylic acids is 1. The predicted octanol–water partition coefficient (Wildman–Crippen LogP) is 3.16. The molecule has 0 bridgehead atoms. The SMILES string of the molecule is CCOC(=O)[C@H]1CC2CCC3CCCC32C1. The van der Waals surface area contributed by atoms with Crippen molar-refractivity contribution in [2.24, 2.45) is 23.2 Å². The Balaban J connectivity index is 1.74. The van der Waals surface area contributed by atoms with Crippen LogP contribution in [0.1, 0.15) is 51.9 Å². The number of hydrogen-bond acceptors (Lipinski definition) is 2. The van der Waals surface area contributed by atoms with Crippen LogP contribution in [0, 0.1) is 23.2 Å². The summed E-state index contributed by atoms with van der Waals surface area (Å²) in [5.74, 6) is 2.09. The lowest BCUT2D eigenvalue weighted by Gasteiger charge is -2.29. The highest BCUT2D eigenvalue weighted by Crippen LogP contribution is 2.66. The molecule has 0 heterocycles. The molecule has 90 valence electrons. The van der Waals surface area contributed by atoms with Crippen molar-refractivity contribution in [2.75, 3.05) is 6.61 Å². The molecule has 0 aromatic rings. The van der Waals surface area contributed by atoms with Crippen molar-refractivity contribution in [1.82, 2.24) is 0 Å². The normalized spacial score (nSPS) is 45.4. The van der Waals surface area contributed by atoms with E-state index in [4.69, 9.17) is 4.74 Å². The fourth-order valence-corrected chi connectivity index (χ4v) is 4.94. The molecule has 3 unspecified atom stereocenters. The zero-order valence-corrected chi connectivity index (χ0v) is 10.2. The standard InChI is InChI=1S/C14H22O2/c1-2-16-13(15)10-8-12-6-5-11-4-3-7-14(11,12)9-10/h10-12H,2-9H2,1H3/t10-,11?,12?,14?/m0/s1. The fourth-order valence-electron chi connectivity index (χ4n) is 4.94. The van der Waals surface area contributed by atoms with Crippen LogP contribution >= 0.6 is 0 Å². The van der Waals surface area contributed by atoms with E-state index in [1.807, 2.05) is 6.92 Å². The zero-order chi connectivity index (χ0) is 11.2. The zero-order valence-electron chi connectivity index (χ0n) is 10.2. The van der Waals surface area contributed by atoms with Crippen molar-refractivity contribution in [2.45, 2.75) is 51.9 Å². The summed E-state index contributed by atoms with van der Waals surface area (Å²) in [6.07, 6.45) is 9.28. The van der Waals surface area contributed by atoms with Gasteiger partial charge in [-0.3, -0.25) is 4.79 Å². The van der Waals surface area contributed by atoms with Gasteiger partial charge in [0.2, 0.25) is 0 Å². The second kappa shape index (κ2) is 3.75. The molecule has 1 spiro atoms. The molecule has 4 atom stereocenters. The van der Waals surface area contributed by atoms with Crippen molar-refractivity contribution < 1.29 is 9.53 Å². The summed E-state index contributed by atoms with van der Waals surface area (Å²) in [5, 5.41) is 0.